The minimum Gasteiger partial charge on any atom is -0.480 e. The van der Waals surface area contributed by atoms with Crippen molar-refractivity contribution in [2.75, 3.05) is 0 Å². The SMILES string of the molecule is CC1(C)SC2[C@@H](N)C(=O)N2[C@H]1C(=O)O. The average Bonchev–Trinajstić information content (AvgIpc) is 2.34. The molecule has 1 unspecified atom stereocenters. The summed E-state index contributed by atoms with van der Waals surface area (Å²) >= 11 is 1.47. The largest absolute Gasteiger partial charge is 0.480 e. The van der Waals surface area contributed by atoms with Gasteiger partial charge >= 0.3 is 5.97 Å². The first-order valence-corrected chi connectivity index (χ1v) is 5.22. The van der Waals surface area contributed by atoms with Crippen LogP contribution in [0, 0.1) is 0 Å². The van der Waals surface area contributed by atoms with Crippen LogP contribution in [0.2, 0.25) is 0 Å². The van der Waals surface area contributed by atoms with Gasteiger partial charge in [0.25, 0.3) is 0 Å². The summed E-state index contributed by atoms with van der Waals surface area (Å²) < 4.78 is -0.458. The quantitative estimate of drug-likeness (QED) is 0.575. The van der Waals surface area contributed by atoms with E-state index in [1.807, 2.05) is 13.8 Å². The standard InChI is InChI=1S/C8H12N2O3S/c1-8(2)4(7(12)13)10-5(11)3(9)6(10)14-8/h3-4,6H,9H2,1-2H3,(H,12,13)/t3-,4-,6?/m0/s1. The minimum absolute atomic E-state index is 0.154. The molecule has 5 nitrogen and oxygen atoms in total. The number of carbonyl (C=O) groups excluding carboxylic acids is 1. The molecular formula is C8H12N2O3S. The molecule has 78 valence electrons. The third-order valence-corrected chi connectivity index (χ3v) is 4.31. The van der Waals surface area contributed by atoms with E-state index < -0.39 is 22.8 Å². The summed E-state index contributed by atoms with van der Waals surface area (Å²) in [6.45, 7) is 3.66. The van der Waals surface area contributed by atoms with Gasteiger partial charge in [0.2, 0.25) is 5.91 Å². The lowest BCUT2D eigenvalue weighted by Crippen LogP contribution is -2.68. The lowest BCUT2D eigenvalue weighted by molar-refractivity contribution is -0.159. The highest BCUT2D eigenvalue weighted by Gasteiger charge is 2.62. The average molecular weight is 216 g/mol. The number of carbonyl (C=O) groups is 2. The molecule has 3 N–H and O–H groups in total. The van der Waals surface area contributed by atoms with Crippen molar-refractivity contribution in [3.63, 3.8) is 0 Å². The number of nitrogens with two attached hydrogens (primary N) is 1. The van der Waals surface area contributed by atoms with Crippen molar-refractivity contribution in [1.29, 1.82) is 0 Å². The van der Waals surface area contributed by atoms with Gasteiger partial charge in [-0.1, -0.05) is 0 Å². The first-order valence-electron chi connectivity index (χ1n) is 4.34. The lowest BCUT2D eigenvalue weighted by Gasteiger charge is -2.41. The molecule has 2 rings (SSSR count). The van der Waals surface area contributed by atoms with E-state index in [0.717, 1.165) is 0 Å². The molecule has 14 heavy (non-hydrogen) atoms. The van der Waals surface area contributed by atoms with Crippen molar-refractivity contribution in [1.82, 2.24) is 4.90 Å². The van der Waals surface area contributed by atoms with Crippen LogP contribution in [0.5, 0.6) is 0 Å². The number of amides is 1. The molecule has 2 saturated heterocycles. The zero-order valence-electron chi connectivity index (χ0n) is 7.93. The predicted octanol–water partition coefficient (Wildman–Crippen LogP) is -0.539. The van der Waals surface area contributed by atoms with E-state index in [4.69, 9.17) is 10.8 Å². The number of thioether (sulfide) groups is 1. The Hall–Kier alpha value is -0.750. The number of carboxylic acids is 1. The molecule has 1 amide bonds. The van der Waals surface area contributed by atoms with Crippen LogP contribution in [-0.4, -0.2) is 44.1 Å². The van der Waals surface area contributed by atoms with E-state index in [2.05, 4.69) is 0 Å². The van der Waals surface area contributed by atoms with Crippen molar-refractivity contribution in [2.24, 2.45) is 5.73 Å². The highest BCUT2D eigenvalue weighted by Crippen LogP contribution is 2.50. The molecule has 0 aromatic rings. The van der Waals surface area contributed by atoms with Crippen molar-refractivity contribution in [3.8, 4) is 0 Å². The normalized spacial score (nSPS) is 39.2. The topological polar surface area (TPSA) is 83.6 Å². The number of hydrogen-bond donors (Lipinski definition) is 2. The fraction of sp³-hybridized carbons (Fsp3) is 0.750. The number of carboxylic acid groups (broad SMARTS) is 1. The lowest BCUT2D eigenvalue weighted by atomic mass is 9.96. The van der Waals surface area contributed by atoms with Gasteiger partial charge in [0, 0.05) is 4.75 Å². The molecule has 0 bridgehead atoms. The Bertz CT molecular complexity index is 318. The Kier molecular flexibility index (Phi) is 1.84. The molecule has 0 aliphatic carbocycles. The van der Waals surface area contributed by atoms with Gasteiger partial charge in [-0.25, -0.2) is 4.79 Å². The summed E-state index contributed by atoms with van der Waals surface area (Å²) in [4.78, 5) is 23.8. The molecule has 0 radical (unpaired) electrons. The highest BCUT2D eigenvalue weighted by molar-refractivity contribution is 8.01. The van der Waals surface area contributed by atoms with Gasteiger partial charge in [-0.2, -0.15) is 0 Å². The Labute approximate surface area is 85.6 Å². The molecular weight excluding hydrogens is 204 g/mol. The smallest absolute Gasteiger partial charge is 0.327 e. The predicted molar refractivity (Wildman–Crippen MR) is 51.7 cm³/mol. The highest BCUT2D eigenvalue weighted by atomic mass is 32.2. The van der Waals surface area contributed by atoms with Crippen LogP contribution in [0.3, 0.4) is 0 Å². The van der Waals surface area contributed by atoms with E-state index in [1.54, 1.807) is 0 Å². The third-order valence-electron chi connectivity index (χ3n) is 2.72. The molecule has 6 heteroatoms. The van der Waals surface area contributed by atoms with Gasteiger partial charge < -0.3 is 15.7 Å². The van der Waals surface area contributed by atoms with E-state index in [1.165, 1.54) is 16.7 Å². The first-order chi connectivity index (χ1) is 6.36. The number of rotatable bonds is 1. The molecule has 0 saturated carbocycles. The number of aliphatic carboxylic acids is 1. The number of fused-ring (bicyclic) bond motifs is 1. The van der Waals surface area contributed by atoms with Crippen LogP contribution in [0.15, 0.2) is 0 Å². The summed E-state index contributed by atoms with van der Waals surface area (Å²) in [5, 5.41) is 8.87. The molecule has 2 aliphatic rings. The van der Waals surface area contributed by atoms with Crippen molar-refractivity contribution >= 4 is 23.6 Å². The van der Waals surface area contributed by atoms with Crippen LogP contribution in [-0.2, 0) is 9.59 Å². The summed E-state index contributed by atoms with van der Waals surface area (Å²) in [6, 6.07) is -1.27. The molecule has 3 atom stereocenters. The van der Waals surface area contributed by atoms with E-state index >= 15 is 0 Å². The Morgan fingerprint density at radius 2 is 2.21 bits per heavy atom. The van der Waals surface area contributed by atoms with Gasteiger partial charge in [-0.15, -0.1) is 11.8 Å². The number of nitrogens with zero attached hydrogens (tertiary/aromatic N) is 1. The molecule has 2 heterocycles. The third kappa shape index (κ3) is 1.01. The molecule has 0 aromatic carbocycles. The number of β-lactam (4-membered cyclic amide) rings is 1. The van der Waals surface area contributed by atoms with E-state index in [9.17, 15) is 9.59 Å². The summed E-state index contributed by atoms with van der Waals surface area (Å²) in [6.07, 6.45) is 0. The van der Waals surface area contributed by atoms with Gasteiger partial charge in [-0.05, 0) is 13.8 Å². The van der Waals surface area contributed by atoms with Crippen LogP contribution in [0.1, 0.15) is 13.8 Å². The van der Waals surface area contributed by atoms with Crippen molar-refractivity contribution in [2.45, 2.75) is 36.1 Å². The zero-order valence-corrected chi connectivity index (χ0v) is 8.75. The fourth-order valence-corrected chi connectivity index (χ4v) is 3.61. The van der Waals surface area contributed by atoms with Gasteiger partial charge in [-0.3, -0.25) is 4.79 Å². The monoisotopic (exact) mass is 216 g/mol. The Morgan fingerprint density at radius 3 is 2.71 bits per heavy atom. The van der Waals surface area contributed by atoms with Crippen LogP contribution in [0.25, 0.3) is 0 Å². The van der Waals surface area contributed by atoms with Crippen molar-refractivity contribution < 1.29 is 14.7 Å². The van der Waals surface area contributed by atoms with Crippen LogP contribution < -0.4 is 5.73 Å². The van der Waals surface area contributed by atoms with Gasteiger partial charge in [0.1, 0.15) is 17.5 Å². The van der Waals surface area contributed by atoms with Crippen LogP contribution >= 0.6 is 11.8 Å². The second-order valence-corrected chi connectivity index (χ2v) is 5.89. The van der Waals surface area contributed by atoms with Gasteiger partial charge in [0.05, 0.1) is 0 Å². The first kappa shape index (κ1) is 9.79. The zero-order chi connectivity index (χ0) is 10.7. The minimum atomic E-state index is -0.953. The van der Waals surface area contributed by atoms with E-state index in [-0.39, 0.29) is 11.3 Å². The van der Waals surface area contributed by atoms with Crippen LogP contribution in [0.4, 0.5) is 0 Å². The maximum atomic E-state index is 11.4. The summed E-state index contributed by atoms with van der Waals surface area (Å²) in [5.41, 5.74) is 5.59. The fourth-order valence-electron chi connectivity index (χ4n) is 2.04. The Morgan fingerprint density at radius 1 is 1.64 bits per heavy atom. The van der Waals surface area contributed by atoms with E-state index in [0.29, 0.717) is 0 Å². The number of hydrogen-bond acceptors (Lipinski definition) is 4. The molecule has 0 aromatic heterocycles. The maximum Gasteiger partial charge on any atom is 0.327 e. The molecule has 0 spiro atoms. The second kappa shape index (κ2) is 2.64. The maximum absolute atomic E-state index is 11.4. The molecule has 2 aliphatic heterocycles. The Balaban J connectivity index is 2.32. The molecule has 2 fully saturated rings. The second-order valence-electron chi connectivity index (χ2n) is 4.12. The van der Waals surface area contributed by atoms with Crippen molar-refractivity contribution in [3.05, 3.63) is 0 Å². The summed E-state index contributed by atoms with van der Waals surface area (Å²) in [7, 11) is 0. The summed E-state index contributed by atoms with van der Waals surface area (Å²) in [5.74, 6) is -1.20. The van der Waals surface area contributed by atoms with Gasteiger partial charge in [0.15, 0.2) is 0 Å².